The number of allylic oxidation sites excluding steroid dienone is 1. The third-order valence-electron chi connectivity index (χ3n) is 1.43. The second kappa shape index (κ2) is 2.34. The summed E-state index contributed by atoms with van der Waals surface area (Å²) in [6.07, 6.45) is 1.58. The molecule has 0 N–H and O–H groups in total. The van der Waals surface area contributed by atoms with Crippen LogP contribution in [0.1, 0.15) is 5.76 Å². The summed E-state index contributed by atoms with van der Waals surface area (Å²) in [5, 5.41) is 0. The molecule has 1 aromatic heterocycles. The van der Waals surface area contributed by atoms with Crippen LogP contribution in [0.15, 0.2) is 28.6 Å². The average molecular weight is 151 g/mol. The molecule has 3 heteroatoms. The Kier molecular flexibility index (Phi) is 1.35. The summed E-state index contributed by atoms with van der Waals surface area (Å²) in [6.45, 7) is 3.88. The van der Waals surface area contributed by atoms with E-state index in [2.05, 4.69) is 6.92 Å². The standard InChI is InChI=1S/C8H7O3/c1-6-8(11-5-10-6)7-3-2-4-9-7/h2-4H,1,5H2. The van der Waals surface area contributed by atoms with Crippen molar-refractivity contribution in [2.24, 2.45) is 0 Å². The van der Waals surface area contributed by atoms with E-state index in [-0.39, 0.29) is 6.79 Å². The molecular weight excluding hydrogens is 144 g/mol. The van der Waals surface area contributed by atoms with Crippen molar-refractivity contribution in [2.75, 3.05) is 6.79 Å². The highest BCUT2D eigenvalue weighted by atomic mass is 16.7. The van der Waals surface area contributed by atoms with Gasteiger partial charge in [0.05, 0.1) is 6.26 Å². The van der Waals surface area contributed by atoms with Crippen LogP contribution in [0, 0.1) is 6.92 Å². The number of ether oxygens (including phenoxy) is 2. The van der Waals surface area contributed by atoms with Gasteiger partial charge in [-0.2, -0.15) is 0 Å². The molecule has 0 aromatic carbocycles. The second-order valence-electron chi connectivity index (χ2n) is 2.14. The topological polar surface area (TPSA) is 31.6 Å². The summed E-state index contributed by atoms with van der Waals surface area (Å²) in [6, 6.07) is 3.59. The molecule has 57 valence electrons. The summed E-state index contributed by atoms with van der Waals surface area (Å²) in [5.41, 5.74) is 0. The molecule has 0 spiro atoms. The minimum Gasteiger partial charge on any atom is -0.461 e. The Morgan fingerprint density at radius 3 is 2.82 bits per heavy atom. The zero-order valence-corrected chi connectivity index (χ0v) is 5.87. The summed E-state index contributed by atoms with van der Waals surface area (Å²) < 4.78 is 15.2. The van der Waals surface area contributed by atoms with Gasteiger partial charge in [0.25, 0.3) is 0 Å². The molecule has 1 aliphatic heterocycles. The molecule has 1 aromatic rings. The summed E-state index contributed by atoms with van der Waals surface area (Å²) in [5.74, 6) is 1.78. The van der Waals surface area contributed by atoms with E-state index in [1.807, 2.05) is 0 Å². The first-order valence-corrected chi connectivity index (χ1v) is 3.23. The number of hydrogen-bond acceptors (Lipinski definition) is 3. The summed E-state index contributed by atoms with van der Waals surface area (Å²) in [7, 11) is 0. The van der Waals surface area contributed by atoms with Gasteiger partial charge in [-0.25, -0.2) is 0 Å². The van der Waals surface area contributed by atoms with Gasteiger partial charge in [-0.05, 0) is 12.1 Å². The Hall–Kier alpha value is -1.38. The summed E-state index contributed by atoms with van der Waals surface area (Å²) >= 11 is 0. The van der Waals surface area contributed by atoms with Crippen LogP contribution >= 0.6 is 0 Å². The Morgan fingerprint density at radius 2 is 2.27 bits per heavy atom. The molecule has 0 bridgehead atoms. The van der Waals surface area contributed by atoms with Gasteiger partial charge in [0.2, 0.25) is 12.6 Å². The molecule has 0 amide bonds. The monoisotopic (exact) mass is 151 g/mol. The largest absolute Gasteiger partial charge is 0.461 e. The molecule has 2 heterocycles. The van der Waals surface area contributed by atoms with Crippen molar-refractivity contribution < 1.29 is 13.9 Å². The molecule has 11 heavy (non-hydrogen) atoms. The Labute approximate surface area is 64.2 Å². The van der Waals surface area contributed by atoms with Gasteiger partial charge in [0.1, 0.15) is 5.76 Å². The fraction of sp³-hybridized carbons (Fsp3) is 0.125. The normalized spacial score (nSPS) is 16.5. The van der Waals surface area contributed by atoms with Crippen molar-refractivity contribution >= 4 is 5.76 Å². The van der Waals surface area contributed by atoms with Gasteiger partial charge in [-0.1, -0.05) is 0 Å². The van der Waals surface area contributed by atoms with E-state index in [0.29, 0.717) is 17.3 Å². The second-order valence-corrected chi connectivity index (χ2v) is 2.14. The van der Waals surface area contributed by atoms with Gasteiger partial charge in [-0.15, -0.1) is 0 Å². The first-order chi connectivity index (χ1) is 5.38. The third kappa shape index (κ3) is 0.981. The highest BCUT2D eigenvalue weighted by molar-refractivity contribution is 5.58. The molecular formula is C8H7O3. The molecule has 2 rings (SSSR count). The Morgan fingerprint density at radius 1 is 1.36 bits per heavy atom. The lowest BCUT2D eigenvalue weighted by molar-refractivity contribution is 0.0903. The van der Waals surface area contributed by atoms with Gasteiger partial charge in [-0.3, -0.25) is 0 Å². The minimum absolute atomic E-state index is 0.231. The summed E-state index contributed by atoms with van der Waals surface area (Å²) in [4.78, 5) is 0. The molecule has 0 aliphatic carbocycles. The van der Waals surface area contributed by atoms with Crippen LogP contribution in [0.3, 0.4) is 0 Å². The number of rotatable bonds is 1. The highest BCUT2D eigenvalue weighted by Crippen LogP contribution is 2.25. The Balaban J connectivity index is 2.36. The van der Waals surface area contributed by atoms with E-state index in [4.69, 9.17) is 13.9 Å². The van der Waals surface area contributed by atoms with Crippen LogP contribution in [-0.4, -0.2) is 6.79 Å². The third-order valence-corrected chi connectivity index (χ3v) is 1.43. The van der Waals surface area contributed by atoms with Crippen molar-refractivity contribution in [3.05, 3.63) is 36.8 Å². The smallest absolute Gasteiger partial charge is 0.231 e. The van der Waals surface area contributed by atoms with E-state index in [0.717, 1.165) is 0 Å². The van der Waals surface area contributed by atoms with Crippen LogP contribution in [-0.2, 0) is 9.47 Å². The maximum absolute atomic E-state index is 5.11. The van der Waals surface area contributed by atoms with Gasteiger partial charge in [0.15, 0.2) is 5.76 Å². The van der Waals surface area contributed by atoms with Crippen molar-refractivity contribution in [1.29, 1.82) is 0 Å². The molecule has 3 nitrogen and oxygen atoms in total. The van der Waals surface area contributed by atoms with E-state index >= 15 is 0 Å². The van der Waals surface area contributed by atoms with E-state index in [1.54, 1.807) is 18.4 Å². The zero-order chi connectivity index (χ0) is 7.68. The molecule has 0 saturated carbocycles. The lowest BCUT2D eigenvalue weighted by atomic mass is 10.3. The van der Waals surface area contributed by atoms with Crippen LogP contribution in [0.4, 0.5) is 0 Å². The SMILES string of the molecule is [CH2]C1=C(c2ccco2)OCO1. The predicted molar refractivity (Wildman–Crippen MR) is 38.0 cm³/mol. The molecule has 1 aliphatic rings. The minimum atomic E-state index is 0.231. The van der Waals surface area contributed by atoms with Gasteiger partial charge >= 0.3 is 0 Å². The number of hydrogen-bond donors (Lipinski definition) is 0. The first-order valence-electron chi connectivity index (χ1n) is 3.23. The van der Waals surface area contributed by atoms with Crippen molar-refractivity contribution in [2.45, 2.75) is 0 Å². The Bertz CT molecular complexity index is 272. The first kappa shape index (κ1) is 6.34. The van der Waals surface area contributed by atoms with Crippen molar-refractivity contribution in [3.8, 4) is 0 Å². The molecule has 0 atom stereocenters. The molecule has 0 unspecified atom stereocenters. The number of furan rings is 1. The highest BCUT2D eigenvalue weighted by Gasteiger charge is 2.17. The van der Waals surface area contributed by atoms with E-state index < -0.39 is 0 Å². The average Bonchev–Trinajstić information content (AvgIpc) is 2.55. The van der Waals surface area contributed by atoms with Crippen molar-refractivity contribution in [1.82, 2.24) is 0 Å². The van der Waals surface area contributed by atoms with E-state index in [1.165, 1.54) is 0 Å². The lowest BCUT2D eigenvalue weighted by Gasteiger charge is -1.94. The van der Waals surface area contributed by atoms with Crippen LogP contribution in [0.25, 0.3) is 5.76 Å². The fourth-order valence-electron chi connectivity index (χ4n) is 0.922. The molecule has 0 fully saturated rings. The predicted octanol–water partition coefficient (Wildman–Crippen LogP) is 1.79. The molecule has 1 radical (unpaired) electrons. The van der Waals surface area contributed by atoms with Crippen LogP contribution in [0.5, 0.6) is 0 Å². The zero-order valence-electron chi connectivity index (χ0n) is 5.87. The van der Waals surface area contributed by atoms with Gasteiger partial charge < -0.3 is 13.9 Å². The van der Waals surface area contributed by atoms with Crippen molar-refractivity contribution in [3.63, 3.8) is 0 Å². The van der Waals surface area contributed by atoms with Crippen LogP contribution in [0.2, 0.25) is 0 Å². The fourth-order valence-corrected chi connectivity index (χ4v) is 0.922. The maximum atomic E-state index is 5.11. The van der Waals surface area contributed by atoms with Gasteiger partial charge in [0, 0.05) is 6.92 Å². The van der Waals surface area contributed by atoms with Crippen LogP contribution < -0.4 is 0 Å². The maximum Gasteiger partial charge on any atom is 0.231 e. The molecule has 0 saturated heterocycles. The lowest BCUT2D eigenvalue weighted by Crippen LogP contribution is -1.82. The van der Waals surface area contributed by atoms with E-state index in [9.17, 15) is 0 Å². The quantitative estimate of drug-likeness (QED) is 0.613.